The summed E-state index contributed by atoms with van der Waals surface area (Å²) in [6.45, 7) is 2.73. The van der Waals surface area contributed by atoms with Gasteiger partial charge in [0.2, 0.25) is 0 Å². The normalized spacial score (nSPS) is 14.7. The summed E-state index contributed by atoms with van der Waals surface area (Å²) in [6.07, 6.45) is -3.04. The van der Waals surface area contributed by atoms with Crippen LogP contribution in [0.1, 0.15) is 13.8 Å². The lowest BCUT2D eigenvalue weighted by molar-refractivity contribution is -0.137. The number of carboxylic acid groups (broad SMARTS) is 1. The first-order valence-electron chi connectivity index (χ1n) is 3.91. The summed E-state index contributed by atoms with van der Waals surface area (Å²) in [4.78, 5) is 10.5. The zero-order chi connectivity index (χ0) is 11.5. The zero-order valence-electron chi connectivity index (χ0n) is 7.78. The third-order valence-electron chi connectivity index (χ3n) is 1.59. The van der Waals surface area contributed by atoms with E-state index in [2.05, 4.69) is 0 Å². The van der Waals surface area contributed by atoms with E-state index in [1.165, 1.54) is 13.8 Å². The molecule has 0 heterocycles. The summed E-state index contributed by atoms with van der Waals surface area (Å²) in [7, 11) is -4.27. The first-order valence-corrected chi connectivity index (χ1v) is 5.62. The second kappa shape index (κ2) is 4.68. The van der Waals surface area contributed by atoms with E-state index in [9.17, 15) is 22.0 Å². The molecular weight excluding hydrogens is 218 g/mol. The SMILES string of the molecule is CC(C)C(C(=O)O)S(=O)(=O)CC(F)F. The summed E-state index contributed by atoms with van der Waals surface area (Å²) in [6, 6.07) is 0. The molecule has 0 spiro atoms. The molecule has 0 aromatic heterocycles. The summed E-state index contributed by atoms with van der Waals surface area (Å²) >= 11 is 0. The van der Waals surface area contributed by atoms with Crippen LogP contribution < -0.4 is 0 Å². The Bertz CT molecular complexity index is 297. The monoisotopic (exact) mass is 230 g/mol. The smallest absolute Gasteiger partial charge is 0.322 e. The van der Waals surface area contributed by atoms with Crippen LogP contribution in [0.5, 0.6) is 0 Å². The van der Waals surface area contributed by atoms with Crippen LogP contribution in [-0.4, -0.2) is 36.9 Å². The molecule has 0 aromatic rings. The lowest BCUT2D eigenvalue weighted by atomic mass is 10.1. The molecule has 0 aliphatic rings. The summed E-state index contributed by atoms with van der Waals surface area (Å²) < 4.78 is 46.0. The van der Waals surface area contributed by atoms with Crippen LogP contribution in [0, 0.1) is 5.92 Å². The molecule has 4 nitrogen and oxygen atoms in total. The molecule has 84 valence electrons. The van der Waals surface area contributed by atoms with Crippen molar-refractivity contribution in [2.75, 3.05) is 5.75 Å². The summed E-state index contributed by atoms with van der Waals surface area (Å²) in [5.74, 6) is -3.71. The fourth-order valence-corrected chi connectivity index (χ4v) is 2.83. The van der Waals surface area contributed by atoms with Gasteiger partial charge in [-0.25, -0.2) is 17.2 Å². The molecule has 0 aliphatic heterocycles. The van der Waals surface area contributed by atoms with Crippen molar-refractivity contribution >= 4 is 15.8 Å². The lowest BCUT2D eigenvalue weighted by Crippen LogP contribution is -2.38. The van der Waals surface area contributed by atoms with Gasteiger partial charge >= 0.3 is 5.97 Å². The minimum absolute atomic E-state index is 0.726. The van der Waals surface area contributed by atoms with E-state index >= 15 is 0 Å². The van der Waals surface area contributed by atoms with E-state index in [0.29, 0.717) is 0 Å². The molecule has 14 heavy (non-hydrogen) atoms. The number of aliphatic carboxylic acids is 1. The predicted molar refractivity (Wildman–Crippen MR) is 46.1 cm³/mol. The van der Waals surface area contributed by atoms with Crippen molar-refractivity contribution in [1.82, 2.24) is 0 Å². The number of hydrogen-bond acceptors (Lipinski definition) is 3. The Hall–Kier alpha value is -0.720. The summed E-state index contributed by atoms with van der Waals surface area (Å²) in [5.41, 5.74) is 0. The minimum Gasteiger partial charge on any atom is -0.480 e. The highest BCUT2D eigenvalue weighted by Crippen LogP contribution is 2.15. The van der Waals surface area contributed by atoms with Crippen molar-refractivity contribution in [2.24, 2.45) is 5.92 Å². The topological polar surface area (TPSA) is 71.4 Å². The van der Waals surface area contributed by atoms with E-state index in [1.807, 2.05) is 0 Å². The zero-order valence-corrected chi connectivity index (χ0v) is 8.59. The minimum atomic E-state index is -4.27. The second-order valence-electron chi connectivity index (χ2n) is 3.22. The van der Waals surface area contributed by atoms with Gasteiger partial charge in [-0.2, -0.15) is 0 Å². The van der Waals surface area contributed by atoms with Gasteiger partial charge in [0.15, 0.2) is 15.1 Å². The number of sulfone groups is 1. The average molecular weight is 230 g/mol. The van der Waals surface area contributed by atoms with Gasteiger partial charge < -0.3 is 5.11 Å². The fourth-order valence-electron chi connectivity index (χ4n) is 1.13. The van der Waals surface area contributed by atoms with Gasteiger partial charge in [-0.3, -0.25) is 4.79 Å². The highest BCUT2D eigenvalue weighted by molar-refractivity contribution is 7.92. The number of hydrogen-bond donors (Lipinski definition) is 1. The number of alkyl halides is 2. The van der Waals surface area contributed by atoms with Crippen LogP contribution in [0.2, 0.25) is 0 Å². The van der Waals surface area contributed by atoms with E-state index in [0.717, 1.165) is 0 Å². The Kier molecular flexibility index (Phi) is 4.44. The first kappa shape index (κ1) is 13.3. The van der Waals surface area contributed by atoms with Gasteiger partial charge in [0.1, 0.15) is 5.75 Å². The maximum Gasteiger partial charge on any atom is 0.322 e. The van der Waals surface area contributed by atoms with Crippen LogP contribution >= 0.6 is 0 Å². The average Bonchev–Trinajstić information content (AvgIpc) is 1.77. The molecular formula is C7H12F2O4S. The highest BCUT2D eigenvalue weighted by Gasteiger charge is 2.37. The van der Waals surface area contributed by atoms with Crippen LogP contribution in [0.25, 0.3) is 0 Å². The Labute approximate surface area is 80.8 Å². The largest absolute Gasteiger partial charge is 0.480 e. The maximum atomic E-state index is 11.8. The number of carbonyl (C=O) groups is 1. The molecule has 0 rings (SSSR count). The third kappa shape index (κ3) is 3.57. The molecule has 7 heteroatoms. The quantitative estimate of drug-likeness (QED) is 0.757. The number of rotatable bonds is 5. The first-order chi connectivity index (χ1) is 6.18. The van der Waals surface area contributed by atoms with Gasteiger partial charge in [0, 0.05) is 0 Å². The lowest BCUT2D eigenvalue weighted by Gasteiger charge is -2.16. The van der Waals surface area contributed by atoms with E-state index < -0.39 is 39.2 Å². The van der Waals surface area contributed by atoms with Crippen LogP contribution in [0.4, 0.5) is 8.78 Å². The molecule has 0 amide bonds. The van der Waals surface area contributed by atoms with Crippen molar-refractivity contribution in [3.05, 3.63) is 0 Å². The van der Waals surface area contributed by atoms with E-state index in [1.54, 1.807) is 0 Å². The highest BCUT2D eigenvalue weighted by atomic mass is 32.2. The molecule has 0 bridgehead atoms. The van der Waals surface area contributed by atoms with E-state index in [4.69, 9.17) is 5.11 Å². The van der Waals surface area contributed by atoms with E-state index in [-0.39, 0.29) is 0 Å². The van der Waals surface area contributed by atoms with Gasteiger partial charge in [0.25, 0.3) is 6.43 Å². The van der Waals surface area contributed by atoms with Gasteiger partial charge in [-0.05, 0) is 5.92 Å². The standard InChI is InChI=1S/C7H12F2O4S/c1-4(2)6(7(10)11)14(12,13)3-5(8)9/h4-6H,3H2,1-2H3,(H,10,11). The van der Waals surface area contributed by atoms with Crippen molar-refractivity contribution < 1.29 is 27.1 Å². The molecule has 0 saturated heterocycles. The van der Waals surface area contributed by atoms with Gasteiger partial charge in [-0.15, -0.1) is 0 Å². The Morgan fingerprint density at radius 2 is 1.79 bits per heavy atom. The van der Waals surface area contributed by atoms with Crippen LogP contribution in [-0.2, 0) is 14.6 Å². The number of carboxylic acids is 1. The Morgan fingerprint density at radius 1 is 1.36 bits per heavy atom. The van der Waals surface area contributed by atoms with Crippen LogP contribution in [0.3, 0.4) is 0 Å². The molecule has 1 atom stereocenters. The fraction of sp³-hybridized carbons (Fsp3) is 0.857. The van der Waals surface area contributed by atoms with Crippen molar-refractivity contribution in [1.29, 1.82) is 0 Å². The Morgan fingerprint density at radius 3 is 2.00 bits per heavy atom. The van der Waals surface area contributed by atoms with Crippen LogP contribution in [0.15, 0.2) is 0 Å². The van der Waals surface area contributed by atoms with Crippen molar-refractivity contribution in [3.8, 4) is 0 Å². The molecule has 1 N–H and O–H groups in total. The maximum absolute atomic E-state index is 11.8. The van der Waals surface area contributed by atoms with Crippen molar-refractivity contribution in [3.63, 3.8) is 0 Å². The molecule has 0 radical (unpaired) electrons. The summed E-state index contributed by atoms with van der Waals surface area (Å²) in [5, 5.41) is 6.81. The number of halogens is 2. The second-order valence-corrected chi connectivity index (χ2v) is 5.39. The van der Waals surface area contributed by atoms with Crippen molar-refractivity contribution in [2.45, 2.75) is 25.5 Å². The molecule has 1 unspecified atom stereocenters. The molecule has 0 aromatic carbocycles. The predicted octanol–water partition coefficient (Wildman–Crippen LogP) is 0.775. The molecule has 0 saturated carbocycles. The molecule has 0 fully saturated rings. The van der Waals surface area contributed by atoms with Gasteiger partial charge in [-0.1, -0.05) is 13.8 Å². The Balaban J connectivity index is 4.92. The van der Waals surface area contributed by atoms with Gasteiger partial charge in [0.05, 0.1) is 0 Å². The molecule has 0 aliphatic carbocycles. The third-order valence-corrected chi connectivity index (χ3v) is 3.83.